The lowest BCUT2D eigenvalue weighted by Gasteiger charge is -2.06. The second kappa shape index (κ2) is 5.77. The van der Waals surface area contributed by atoms with Crippen LogP contribution in [0.4, 0.5) is 13.2 Å². The number of unbranched alkanes of at least 4 members (excludes halogenated alkanes) is 1. The van der Waals surface area contributed by atoms with E-state index in [1.54, 1.807) is 0 Å². The third-order valence-corrected chi connectivity index (χ3v) is 3.28. The van der Waals surface area contributed by atoms with Gasteiger partial charge in [0.15, 0.2) is 0 Å². The van der Waals surface area contributed by atoms with E-state index in [2.05, 4.69) is 4.98 Å². The van der Waals surface area contributed by atoms with Crippen LogP contribution >= 0.6 is 0 Å². The molecule has 3 nitrogen and oxygen atoms in total. The van der Waals surface area contributed by atoms with Gasteiger partial charge in [-0.25, -0.2) is 4.98 Å². The largest absolute Gasteiger partial charge is 0.417 e. The second-order valence-electron chi connectivity index (χ2n) is 3.19. The van der Waals surface area contributed by atoms with Gasteiger partial charge < -0.3 is 0 Å². The highest BCUT2D eigenvalue weighted by molar-refractivity contribution is 7.84. The lowest BCUT2D eigenvalue weighted by atomic mass is 10.3. The number of hydrogen-bond donors (Lipinski definition) is 0. The average Bonchev–Trinajstić information content (AvgIpc) is 2.28. The van der Waals surface area contributed by atoms with Crippen LogP contribution in [0.3, 0.4) is 0 Å². The maximum atomic E-state index is 12.2. The molecule has 1 atom stereocenters. The minimum Gasteiger partial charge on any atom is -0.253 e. The molecule has 1 aromatic heterocycles. The van der Waals surface area contributed by atoms with Gasteiger partial charge >= 0.3 is 6.18 Å². The lowest BCUT2D eigenvalue weighted by Crippen LogP contribution is -2.07. The monoisotopic (exact) mass is 262 g/mol. The summed E-state index contributed by atoms with van der Waals surface area (Å²) >= 11 is 0. The van der Waals surface area contributed by atoms with E-state index in [4.69, 9.17) is 5.26 Å². The van der Waals surface area contributed by atoms with Crippen molar-refractivity contribution in [3.63, 3.8) is 0 Å². The normalized spacial score (nSPS) is 13.1. The fourth-order valence-corrected chi connectivity index (χ4v) is 2.08. The summed E-state index contributed by atoms with van der Waals surface area (Å²) in [4.78, 5) is 3.52. The molecule has 0 bridgehead atoms. The van der Waals surface area contributed by atoms with Crippen molar-refractivity contribution < 1.29 is 17.4 Å². The number of alkyl halides is 3. The van der Waals surface area contributed by atoms with Crippen LogP contribution in [0.1, 0.15) is 18.4 Å². The lowest BCUT2D eigenvalue weighted by molar-refractivity contribution is -0.137. The summed E-state index contributed by atoms with van der Waals surface area (Å²) in [6.45, 7) is 0. The topological polar surface area (TPSA) is 53.8 Å². The van der Waals surface area contributed by atoms with Crippen molar-refractivity contribution in [2.75, 3.05) is 5.75 Å². The van der Waals surface area contributed by atoms with Gasteiger partial charge in [-0.05, 0) is 18.6 Å². The smallest absolute Gasteiger partial charge is 0.253 e. The van der Waals surface area contributed by atoms with Crippen LogP contribution in [0.5, 0.6) is 0 Å². The van der Waals surface area contributed by atoms with Crippen molar-refractivity contribution in [2.24, 2.45) is 0 Å². The Hall–Kier alpha value is -1.42. The molecule has 0 N–H and O–H groups in total. The van der Waals surface area contributed by atoms with Gasteiger partial charge in [0.1, 0.15) is 5.03 Å². The maximum absolute atomic E-state index is 12.2. The maximum Gasteiger partial charge on any atom is 0.417 e. The Morgan fingerprint density at radius 3 is 2.59 bits per heavy atom. The summed E-state index contributed by atoms with van der Waals surface area (Å²) in [6.07, 6.45) is -3.07. The van der Waals surface area contributed by atoms with E-state index >= 15 is 0 Å². The molecule has 0 aliphatic carbocycles. The number of halogens is 3. The molecular formula is C10H9F3N2OS. The van der Waals surface area contributed by atoms with Crippen molar-refractivity contribution in [1.82, 2.24) is 4.98 Å². The predicted molar refractivity (Wildman–Crippen MR) is 55.4 cm³/mol. The standard InChI is InChI=1S/C10H9F3N2OS/c11-10(12,13)8-3-4-9(15-7-8)17(16)6-2-1-5-14/h3-4,7H,1-2,6H2. The SMILES string of the molecule is N#CCCCS(=O)c1ccc(C(F)(F)F)cn1. The first kappa shape index (κ1) is 13.6. The molecule has 0 aromatic carbocycles. The number of hydrogen-bond acceptors (Lipinski definition) is 3. The second-order valence-corrected chi connectivity index (χ2v) is 4.71. The molecule has 0 spiro atoms. The Balaban J connectivity index is 2.68. The molecule has 17 heavy (non-hydrogen) atoms. The van der Waals surface area contributed by atoms with Crippen LogP contribution in [0.15, 0.2) is 23.4 Å². The summed E-state index contributed by atoms with van der Waals surface area (Å²) in [5.41, 5.74) is -0.865. The number of aromatic nitrogens is 1. The molecule has 0 amide bonds. The van der Waals surface area contributed by atoms with Crippen LogP contribution < -0.4 is 0 Å². The Morgan fingerprint density at radius 2 is 2.12 bits per heavy atom. The van der Waals surface area contributed by atoms with Gasteiger partial charge in [-0.1, -0.05) is 0 Å². The summed E-state index contributed by atoms with van der Waals surface area (Å²) in [6, 6.07) is 3.85. The number of pyridine rings is 1. The zero-order chi connectivity index (χ0) is 12.9. The third-order valence-electron chi connectivity index (χ3n) is 1.92. The van der Waals surface area contributed by atoms with Crippen molar-refractivity contribution in [3.8, 4) is 6.07 Å². The Bertz CT molecular complexity index is 436. The summed E-state index contributed by atoms with van der Waals surface area (Å²) in [5.74, 6) is 0.228. The van der Waals surface area contributed by atoms with Gasteiger partial charge in [0.2, 0.25) is 0 Å². The number of nitrogens with zero attached hydrogens (tertiary/aromatic N) is 2. The highest BCUT2D eigenvalue weighted by atomic mass is 32.2. The minimum absolute atomic E-state index is 0.107. The zero-order valence-corrected chi connectivity index (χ0v) is 9.51. The first-order valence-corrected chi connectivity index (χ1v) is 6.05. The van der Waals surface area contributed by atoms with Gasteiger partial charge in [0.25, 0.3) is 0 Å². The Labute approximate surface area is 98.7 Å². The van der Waals surface area contributed by atoms with Crippen LogP contribution in [-0.4, -0.2) is 14.9 Å². The van der Waals surface area contributed by atoms with Gasteiger partial charge in [-0.15, -0.1) is 0 Å². The highest BCUT2D eigenvalue weighted by Gasteiger charge is 2.30. The minimum atomic E-state index is -4.44. The molecule has 0 fully saturated rings. The van der Waals surface area contributed by atoms with Crippen molar-refractivity contribution >= 4 is 10.8 Å². The van der Waals surface area contributed by atoms with Crippen LogP contribution in [0.2, 0.25) is 0 Å². The molecular weight excluding hydrogens is 253 g/mol. The van der Waals surface area contributed by atoms with Crippen LogP contribution in [-0.2, 0) is 17.0 Å². The Morgan fingerprint density at radius 1 is 1.41 bits per heavy atom. The van der Waals surface area contributed by atoms with Crippen molar-refractivity contribution in [2.45, 2.75) is 24.0 Å². The molecule has 1 heterocycles. The van der Waals surface area contributed by atoms with E-state index in [0.717, 1.165) is 12.1 Å². The molecule has 92 valence electrons. The molecule has 7 heteroatoms. The van der Waals surface area contributed by atoms with Gasteiger partial charge in [0, 0.05) is 18.4 Å². The fraction of sp³-hybridized carbons (Fsp3) is 0.400. The molecule has 1 rings (SSSR count). The highest BCUT2D eigenvalue weighted by Crippen LogP contribution is 2.28. The van der Waals surface area contributed by atoms with E-state index in [1.165, 1.54) is 0 Å². The molecule has 0 radical (unpaired) electrons. The molecule has 1 unspecified atom stereocenters. The predicted octanol–water partition coefficient (Wildman–Crippen LogP) is 2.51. The summed E-state index contributed by atoms with van der Waals surface area (Å²) in [7, 11) is -1.45. The molecule has 1 aromatic rings. The molecule has 0 saturated heterocycles. The molecule has 0 aliphatic heterocycles. The van der Waals surface area contributed by atoms with Crippen molar-refractivity contribution in [3.05, 3.63) is 23.9 Å². The van der Waals surface area contributed by atoms with E-state index in [9.17, 15) is 17.4 Å². The third kappa shape index (κ3) is 4.15. The Kier molecular flexibility index (Phi) is 4.63. The molecule has 0 aliphatic rings. The van der Waals surface area contributed by atoms with Gasteiger partial charge in [0.05, 0.1) is 22.4 Å². The molecule has 0 saturated carbocycles. The van der Waals surface area contributed by atoms with Gasteiger partial charge in [-0.2, -0.15) is 18.4 Å². The quantitative estimate of drug-likeness (QED) is 0.783. The van der Waals surface area contributed by atoms with Crippen molar-refractivity contribution in [1.29, 1.82) is 5.26 Å². The fourth-order valence-electron chi connectivity index (χ4n) is 1.07. The number of rotatable bonds is 4. The summed E-state index contributed by atoms with van der Waals surface area (Å²) < 4.78 is 48.2. The van der Waals surface area contributed by atoms with E-state index in [1.807, 2.05) is 6.07 Å². The first-order chi connectivity index (χ1) is 7.95. The average molecular weight is 262 g/mol. The first-order valence-electron chi connectivity index (χ1n) is 4.73. The zero-order valence-electron chi connectivity index (χ0n) is 8.70. The van der Waals surface area contributed by atoms with Gasteiger partial charge in [-0.3, -0.25) is 4.21 Å². The van der Waals surface area contributed by atoms with E-state index in [0.29, 0.717) is 12.6 Å². The van der Waals surface area contributed by atoms with E-state index < -0.39 is 22.5 Å². The van der Waals surface area contributed by atoms with Crippen LogP contribution in [0.25, 0.3) is 0 Å². The van der Waals surface area contributed by atoms with E-state index in [-0.39, 0.29) is 17.2 Å². The number of nitriles is 1. The van der Waals surface area contributed by atoms with Crippen LogP contribution in [0, 0.1) is 11.3 Å². The summed E-state index contributed by atoms with van der Waals surface area (Å²) in [5, 5.41) is 8.39.